The fourth-order valence-corrected chi connectivity index (χ4v) is 2.66. The fraction of sp³-hybridized carbons (Fsp3) is 0.368. The van der Waals surface area contributed by atoms with E-state index in [9.17, 15) is 0 Å². The second-order valence-electron chi connectivity index (χ2n) is 5.82. The maximum atomic E-state index is 5.98. The lowest BCUT2D eigenvalue weighted by molar-refractivity contribution is 0.410. The highest BCUT2D eigenvalue weighted by Gasteiger charge is 2.15. The Morgan fingerprint density at radius 3 is 2.00 bits per heavy atom. The van der Waals surface area contributed by atoms with E-state index in [4.69, 9.17) is 11.6 Å². The number of halogens is 1. The molecule has 1 atom stereocenters. The van der Waals surface area contributed by atoms with E-state index in [1.807, 2.05) is 12.1 Å². The lowest BCUT2D eigenvalue weighted by atomic mass is 9.95. The number of rotatable bonds is 6. The summed E-state index contributed by atoms with van der Waals surface area (Å²) in [7, 11) is 0. The topological polar surface area (TPSA) is 12.0 Å². The van der Waals surface area contributed by atoms with E-state index >= 15 is 0 Å². The van der Waals surface area contributed by atoms with Crippen molar-refractivity contribution in [3.63, 3.8) is 0 Å². The average Bonchev–Trinajstić information content (AvgIpc) is 2.49. The van der Waals surface area contributed by atoms with Crippen molar-refractivity contribution in [2.75, 3.05) is 0 Å². The molecule has 0 bridgehead atoms. The lowest BCUT2D eigenvalue weighted by Gasteiger charge is -2.23. The van der Waals surface area contributed by atoms with Gasteiger partial charge in [-0.15, -0.1) is 0 Å². The molecule has 2 rings (SSSR count). The standard InChI is InChI=1S/C19H24ClN/c1-4-15-5-7-16(8-6-15)13-21-19(14(2)3)17-9-11-18(20)12-10-17/h5-12,14,19,21H,4,13H2,1-3H3. The third kappa shape index (κ3) is 4.59. The molecular weight excluding hydrogens is 278 g/mol. The Bertz CT molecular complexity index is 543. The van der Waals surface area contributed by atoms with Crippen molar-refractivity contribution in [1.82, 2.24) is 5.32 Å². The van der Waals surface area contributed by atoms with Crippen molar-refractivity contribution in [2.45, 2.75) is 39.8 Å². The lowest BCUT2D eigenvalue weighted by Crippen LogP contribution is -2.25. The molecule has 0 saturated heterocycles. The Morgan fingerprint density at radius 2 is 1.48 bits per heavy atom. The molecule has 2 aromatic rings. The van der Waals surface area contributed by atoms with Crippen LogP contribution in [0.5, 0.6) is 0 Å². The van der Waals surface area contributed by atoms with Gasteiger partial charge in [0, 0.05) is 17.6 Å². The maximum Gasteiger partial charge on any atom is 0.0406 e. The van der Waals surface area contributed by atoms with Gasteiger partial charge in [-0.2, -0.15) is 0 Å². The molecule has 0 aliphatic rings. The third-order valence-corrected chi connectivity index (χ3v) is 4.11. The largest absolute Gasteiger partial charge is 0.306 e. The number of hydrogen-bond donors (Lipinski definition) is 1. The summed E-state index contributed by atoms with van der Waals surface area (Å²) in [5.41, 5.74) is 4.00. The molecule has 0 amide bonds. The smallest absolute Gasteiger partial charge is 0.0406 e. The molecule has 1 N–H and O–H groups in total. The molecule has 112 valence electrons. The summed E-state index contributed by atoms with van der Waals surface area (Å²) in [5, 5.41) is 4.45. The highest BCUT2D eigenvalue weighted by Crippen LogP contribution is 2.23. The van der Waals surface area contributed by atoms with Gasteiger partial charge in [0.2, 0.25) is 0 Å². The Hall–Kier alpha value is -1.31. The van der Waals surface area contributed by atoms with Gasteiger partial charge in [0.25, 0.3) is 0 Å². The molecule has 0 aliphatic heterocycles. The van der Waals surface area contributed by atoms with E-state index in [0.717, 1.165) is 18.0 Å². The summed E-state index contributed by atoms with van der Waals surface area (Å²) in [6.07, 6.45) is 1.09. The van der Waals surface area contributed by atoms with E-state index in [1.165, 1.54) is 16.7 Å². The predicted molar refractivity (Wildman–Crippen MR) is 91.7 cm³/mol. The van der Waals surface area contributed by atoms with E-state index in [0.29, 0.717) is 12.0 Å². The van der Waals surface area contributed by atoms with Crippen molar-refractivity contribution in [3.05, 3.63) is 70.2 Å². The highest BCUT2D eigenvalue weighted by atomic mass is 35.5. The van der Waals surface area contributed by atoms with Crippen LogP contribution in [0.15, 0.2) is 48.5 Å². The Labute approximate surface area is 133 Å². The summed E-state index contributed by atoms with van der Waals surface area (Å²) >= 11 is 5.98. The van der Waals surface area contributed by atoms with Crippen LogP contribution in [0.2, 0.25) is 5.02 Å². The van der Waals surface area contributed by atoms with Crippen LogP contribution in [0.4, 0.5) is 0 Å². The SMILES string of the molecule is CCc1ccc(CNC(c2ccc(Cl)cc2)C(C)C)cc1. The van der Waals surface area contributed by atoms with Crippen molar-refractivity contribution >= 4 is 11.6 Å². The maximum absolute atomic E-state index is 5.98. The first-order valence-electron chi connectivity index (χ1n) is 7.66. The van der Waals surface area contributed by atoms with Gasteiger partial charge in [0.05, 0.1) is 0 Å². The van der Waals surface area contributed by atoms with E-state index in [2.05, 4.69) is 62.5 Å². The molecule has 0 radical (unpaired) electrons. The monoisotopic (exact) mass is 301 g/mol. The third-order valence-electron chi connectivity index (χ3n) is 3.85. The first kappa shape index (κ1) is 16.1. The molecule has 0 spiro atoms. The number of aryl methyl sites for hydroxylation is 1. The zero-order valence-electron chi connectivity index (χ0n) is 13.1. The minimum Gasteiger partial charge on any atom is -0.306 e. The van der Waals surface area contributed by atoms with Gasteiger partial charge in [-0.3, -0.25) is 0 Å². The van der Waals surface area contributed by atoms with Crippen LogP contribution in [0, 0.1) is 5.92 Å². The average molecular weight is 302 g/mol. The Kier molecular flexibility index (Phi) is 5.84. The first-order chi connectivity index (χ1) is 10.1. The molecule has 1 nitrogen and oxygen atoms in total. The van der Waals surface area contributed by atoms with E-state index in [1.54, 1.807) is 0 Å². The van der Waals surface area contributed by atoms with Gasteiger partial charge in [-0.1, -0.05) is 68.8 Å². The van der Waals surface area contributed by atoms with Gasteiger partial charge in [-0.05, 0) is 41.2 Å². The summed E-state index contributed by atoms with van der Waals surface area (Å²) in [5.74, 6) is 0.529. The molecular formula is C19H24ClN. The van der Waals surface area contributed by atoms with Gasteiger partial charge in [-0.25, -0.2) is 0 Å². The molecule has 2 heteroatoms. The molecule has 0 aromatic heterocycles. The van der Waals surface area contributed by atoms with Crippen molar-refractivity contribution < 1.29 is 0 Å². The molecule has 0 saturated carbocycles. The molecule has 1 unspecified atom stereocenters. The quantitative estimate of drug-likeness (QED) is 0.754. The summed E-state index contributed by atoms with van der Waals surface area (Å²) in [6.45, 7) is 7.55. The zero-order valence-corrected chi connectivity index (χ0v) is 13.8. The minimum absolute atomic E-state index is 0.341. The molecule has 0 aliphatic carbocycles. The molecule has 21 heavy (non-hydrogen) atoms. The summed E-state index contributed by atoms with van der Waals surface area (Å²) < 4.78 is 0. The minimum atomic E-state index is 0.341. The second-order valence-corrected chi connectivity index (χ2v) is 6.26. The van der Waals surface area contributed by atoms with Gasteiger partial charge in [0.1, 0.15) is 0 Å². The first-order valence-corrected chi connectivity index (χ1v) is 8.04. The number of nitrogens with one attached hydrogen (secondary N) is 1. The van der Waals surface area contributed by atoms with Crippen LogP contribution in [0.3, 0.4) is 0 Å². The van der Waals surface area contributed by atoms with Gasteiger partial charge in [0.15, 0.2) is 0 Å². The van der Waals surface area contributed by atoms with Crippen LogP contribution in [-0.2, 0) is 13.0 Å². The van der Waals surface area contributed by atoms with Crippen LogP contribution in [-0.4, -0.2) is 0 Å². The van der Waals surface area contributed by atoms with Crippen LogP contribution in [0.1, 0.15) is 43.5 Å². The number of benzene rings is 2. The van der Waals surface area contributed by atoms with Crippen molar-refractivity contribution in [1.29, 1.82) is 0 Å². The molecule has 2 aromatic carbocycles. The van der Waals surface area contributed by atoms with Crippen LogP contribution < -0.4 is 5.32 Å². The van der Waals surface area contributed by atoms with E-state index < -0.39 is 0 Å². The normalized spacial score (nSPS) is 12.6. The van der Waals surface area contributed by atoms with Crippen molar-refractivity contribution in [3.8, 4) is 0 Å². The van der Waals surface area contributed by atoms with E-state index in [-0.39, 0.29) is 0 Å². The number of hydrogen-bond acceptors (Lipinski definition) is 1. The van der Waals surface area contributed by atoms with Crippen molar-refractivity contribution in [2.24, 2.45) is 5.92 Å². The zero-order chi connectivity index (χ0) is 15.2. The molecule has 0 fully saturated rings. The predicted octanol–water partition coefficient (Wildman–Crippen LogP) is 5.39. The summed E-state index contributed by atoms with van der Waals surface area (Å²) in [4.78, 5) is 0. The second kappa shape index (κ2) is 7.63. The highest BCUT2D eigenvalue weighted by molar-refractivity contribution is 6.30. The van der Waals surface area contributed by atoms with Gasteiger partial charge < -0.3 is 5.32 Å². The Balaban J connectivity index is 2.04. The fourth-order valence-electron chi connectivity index (χ4n) is 2.53. The molecule has 0 heterocycles. The Morgan fingerprint density at radius 1 is 0.905 bits per heavy atom. The summed E-state index contributed by atoms with van der Waals surface area (Å²) in [6, 6.07) is 17.3. The van der Waals surface area contributed by atoms with Gasteiger partial charge >= 0.3 is 0 Å². The van der Waals surface area contributed by atoms with Crippen LogP contribution >= 0.6 is 11.6 Å². The van der Waals surface area contributed by atoms with Crippen LogP contribution in [0.25, 0.3) is 0 Å².